The van der Waals surface area contributed by atoms with Crippen molar-refractivity contribution in [3.8, 4) is 5.75 Å². The number of nitrogens with zero attached hydrogens (tertiary/aromatic N) is 2. The van der Waals surface area contributed by atoms with Gasteiger partial charge >= 0.3 is 0 Å². The first kappa shape index (κ1) is 19.7. The zero-order chi connectivity index (χ0) is 18.4. The predicted molar refractivity (Wildman–Crippen MR) is 96.1 cm³/mol. The van der Waals surface area contributed by atoms with Gasteiger partial charge in [0.05, 0.1) is 18.0 Å². The third kappa shape index (κ3) is 4.71. The first-order chi connectivity index (χ1) is 11.9. The van der Waals surface area contributed by atoms with Crippen LogP contribution in [-0.2, 0) is 14.8 Å². The molecule has 0 spiro atoms. The van der Waals surface area contributed by atoms with Crippen LogP contribution in [0.15, 0.2) is 29.2 Å². The smallest absolute Gasteiger partial charge is 0.243 e. The number of ether oxygens (including phenoxy) is 1. The molecule has 25 heavy (non-hydrogen) atoms. The van der Waals surface area contributed by atoms with E-state index in [1.165, 1.54) is 4.31 Å². The van der Waals surface area contributed by atoms with Crippen molar-refractivity contribution in [3.05, 3.63) is 24.3 Å². The van der Waals surface area contributed by atoms with Crippen molar-refractivity contribution < 1.29 is 17.9 Å². The highest BCUT2D eigenvalue weighted by Crippen LogP contribution is 2.21. The minimum Gasteiger partial charge on any atom is -0.497 e. The molecule has 0 radical (unpaired) electrons. The average molecular weight is 369 g/mol. The molecule has 1 atom stereocenters. The maximum absolute atomic E-state index is 12.7. The number of carbonyl (C=O) groups is 1. The van der Waals surface area contributed by atoms with Crippen LogP contribution in [0.4, 0.5) is 0 Å². The number of hydrogen-bond acceptors (Lipinski definition) is 5. The number of nitrogens with one attached hydrogen (secondary N) is 1. The molecule has 1 aliphatic rings. The number of piperazine rings is 1. The van der Waals surface area contributed by atoms with E-state index in [9.17, 15) is 13.2 Å². The molecule has 0 saturated carbocycles. The summed E-state index contributed by atoms with van der Waals surface area (Å²) in [6, 6.07) is 6.15. The molecule has 2 rings (SSSR count). The van der Waals surface area contributed by atoms with Crippen LogP contribution in [0.25, 0.3) is 0 Å². The second kappa shape index (κ2) is 8.64. The lowest BCUT2D eigenvalue weighted by atomic mass is 10.2. The number of amides is 1. The molecular formula is C17H27N3O4S. The van der Waals surface area contributed by atoms with Gasteiger partial charge in [-0.15, -0.1) is 0 Å². The summed E-state index contributed by atoms with van der Waals surface area (Å²) in [5, 5.41) is 2.88. The summed E-state index contributed by atoms with van der Waals surface area (Å²) in [4.78, 5) is 14.3. The van der Waals surface area contributed by atoms with Crippen molar-refractivity contribution in [3.63, 3.8) is 0 Å². The lowest BCUT2D eigenvalue weighted by Crippen LogP contribution is -2.54. The van der Waals surface area contributed by atoms with E-state index in [2.05, 4.69) is 5.32 Å². The third-order valence-corrected chi connectivity index (χ3v) is 6.36. The van der Waals surface area contributed by atoms with E-state index >= 15 is 0 Å². The van der Waals surface area contributed by atoms with Crippen LogP contribution in [0.3, 0.4) is 0 Å². The molecule has 1 aliphatic heterocycles. The van der Waals surface area contributed by atoms with Gasteiger partial charge in [0, 0.05) is 32.7 Å². The number of methoxy groups -OCH3 is 1. The van der Waals surface area contributed by atoms with Gasteiger partial charge < -0.3 is 10.1 Å². The second-order valence-electron chi connectivity index (χ2n) is 6.08. The van der Waals surface area contributed by atoms with Crippen molar-refractivity contribution in [2.75, 3.05) is 39.8 Å². The average Bonchev–Trinajstić information content (AvgIpc) is 2.65. The lowest BCUT2D eigenvalue weighted by Gasteiger charge is -2.36. The molecule has 1 fully saturated rings. The van der Waals surface area contributed by atoms with Gasteiger partial charge in [-0.05, 0) is 37.6 Å². The molecule has 1 heterocycles. The minimum absolute atomic E-state index is 0.00619. The van der Waals surface area contributed by atoms with Gasteiger partial charge in [-0.1, -0.05) is 6.92 Å². The fourth-order valence-corrected chi connectivity index (χ4v) is 4.21. The zero-order valence-corrected chi connectivity index (χ0v) is 15.9. The van der Waals surface area contributed by atoms with Gasteiger partial charge in [0.1, 0.15) is 5.75 Å². The highest BCUT2D eigenvalue weighted by atomic mass is 32.2. The summed E-state index contributed by atoms with van der Waals surface area (Å²) < 4.78 is 32.0. The van der Waals surface area contributed by atoms with Crippen molar-refractivity contribution in [1.29, 1.82) is 0 Å². The molecule has 1 saturated heterocycles. The Morgan fingerprint density at radius 2 is 1.80 bits per heavy atom. The summed E-state index contributed by atoms with van der Waals surface area (Å²) in [5.74, 6) is 0.615. The molecule has 1 N–H and O–H groups in total. The van der Waals surface area contributed by atoms with Crippen LogP contribution in [0.5, 0.6) is 5.75 Å². The monoisotopic (exact) mass is 369 g/mol. The Labute approximate surface area is 150 Å². The van der Waals surface area contributed by atoms with E-state index in [-0.39, 0.29) is 16.8 Å². The molecular weight excluding hydrogens is 342 g/mol. The summed E-state index contributed by atoms with van der Waals surface area (Å²) in [6.07, 6.45) is 0.895. The lowest BCUT2D eigenvalue weighted by molar-refractivity contribution is -0.126. The Kier molecular flexibility index (Phi) is 6.80. The summed E-state index contributed by atoms with van der Waals surface area (Å²) in [7, 11) is -1.98. The van der Waals surface area contributed by atoms with Crippen LogP contribution in [-0.4, -0.2) is 69.4 Å². The van der Waals surface area contributed by atoms with E-state index in [1.807, 2.05) is 18.7 Å². The van der Waals surface area contributed by atoms with Gasteiger partial charge in [0.15, 0.2) is 0 Å². The Hall–Kier alpha value is -1.64. The van der Waals surface area contributed by atoms with Crippen LogP contribution < -0.4 is 10.1 Å². The van der Waals surface area contributed by atoms with Gasteiger partial charge in [-0.25, -0.2) is 8.42 Å². The Morgan fingerprint density at radius 3 is 2.32 bits per heavy atom. The first-order valence-corrected chi connectivity index (χ1v) is 10.00. The molecule has 1 aromatic rings. The van der Waals surface area contributed by atoms with Gasteiger partial charge in [0.2, 0.25) is 15.9 Å². The maximum atomic E-state index is 12.7. The van der Waals surface area contributed by atoms with E-state index < -0.39 is 10.0 Å². The molecule has 8 heteroatoms. The van der Waals surface area contributed by atoms with Gasteiger partial charge in [-0.3, -0.25) is 9.69 Å². The topological polar surface area (TPSA) is 79.0 Å². The minimum atomic E-state index is -3.52. The summed E-state index contributed by atoms with van der Waals surface area (Å²) in [5.41, 5.74) is 0. The Bertz CT molecular complexity index is 668. The predicted octanol–water partition coefficient (Wildman–Crippen LogP) is 0.916. The summed E-state index contributed by atoms with van der Waals surface area (Å²) >= 11 is 0. The molecule has 1 amide bonds. The number of hydrogen-bond donors (Lipinski definition) is 1. The van der Waals surface area contributed by atoms with E-state index in [0.29, 0.717) is 38.5 Å². The van der Waals surface area contributed by atoms with Crippen molar-refractivity contribution in [2.45, 2.75) is 31.2 Å². The number of sulfonamides is 1. The van der Waals surface area contributed by atoms with Crippen LogP contribution in [0, 0.1) is 0 Å². The van der Waals surface area contributed by atoms with E-state index in [0.717, 1.165) is 6.42 Å². The molecule has 1 aromatic carbocycles. The molecule has 0 unspecified atom stereocenters. The molecule has 0 aromatic heterocycles. The molecule has 0 bridgehead atoms. The number of benzene rings is 1. The van der Waals surface area contributed by atoms with Crippen LogP contribution in [0.2, 0.25) is 0 Å². The van der Waals surface area contributed by atoms with E-state index in [1.54, 1.807) is 31.4 Å². The zero-order valence-electron chi connectivity index (χ0n) is 15.1. The first-order valence-electron chi connectivity index (χ1n) is 8.56. The van der Waals surface area contributed by atoms with Gasteiger partial charge in [-0.2, -0.15) is 4.31 Å². The fraction of sp³-hybridized carbons (Fsp3) is 0.588. The second-order valence-corrected chi connectivity index (χ2v) is 8.02. The molecule has 140 valence electrons. The fourth-order valence-electron chi connectivity index (χ4n) is 2.79. The van der Waals surface area contributed by atoms with Crippen molar-refractivity contribution in [1.82, 2.24) is 14.5 Å². The molecule has 7 nitrogen and oxygen atoms in total. The van der Waals surface area contributed by atoms with Crippen molar-refractivity contribution in [2.24, 2.45) is 0 Å². The van der Waals surface area contributed by atoms with E-state index in [4.69, 9.17) is 4.74 Å². The molecule has 0 aliphatic carbocycles. The highest BCUT2D eigenvalue weighted by Gasteiger charge is 2.31. The van der Waals surface area contributed by atoms with Crippen LogP contribution in [0.1, 0.15) is 20.3 Å². The van der Waals surface area contributed by atoms with Crippen LogP contribution >= 0.6 is 0 Å². The third-order valence-electron chi connectivity index (χ3n) is 4.45. The normalized spacial score (nSPS) is 17.9. The maximum Gasteiger partial charge on any atom is 0.243 e. The highest BCUT2D eigenvalue weighted by molar-refractivity contribution is 7.89. The number of carbonyl (C=O) groups excluding carboxylic acids is 1. The largest absolute Gasteiger partial charge is 0.497 e. The quantitative estimate of drug-likeness (QED) is 0.773. The number of rotatable bonds is 7. The Morgan fingerprint density at radius 1 is 1.20 bits per heavy atom. The summed E-state index contributed by atoms with van der Waals surface area (Å²) in [6.45, 7) is 6.35. The van der Waals surface area contributed by atoms with Gasteiger partial charge in [0.25, 0.3) is 0 Å². The van der Waals surface area contributed by atoms with Crippen molar-refractivity contribution >= 4 is 15.9 Å². The Balaban J connectivity index is 1.97. The SMILES string of the molecule is CCCNC(=O)[C@H](C)N1CCN(S(=O)(=O)c2ccc(OC)cc2)CC1. The standard InChI is InChI=1S/C17H27N3O4S/c1-4-9-18-17(21)14(2)19-10-12-20(13-11-19)25(22,23)16-7-5-15(24-3)6-8-16/h5-8,14H,4,9-13H2,1-3H3,(H,18,21)/t14-/m0/s1.